The standard InChI is InChI=1S/C20H23N3O3/c1-12(2)22-20(26)17-10-5-4-9-16(17)14-7-6-8-15(11-14)19(25)23-13(3)18(21)24/h4-13H,1-3H3,(H2,21,24)(H,22,26)(H,23,25)/t13-/m0/s1. The van der Waals surface area contributed by atoms with E-state index in [0.29, 0.717) is 11.1 Å². The number of benzene rings is 2. The molecule has 0 aliphatic carbocycles. The number of primary amides is 1. The van der Waals surface area contributed by atoms with E-state index in [-0.39, 0.29) is 11.9 Å². The van der Waals surface area contributed by atoms with Crippen molar-refractivity contribution in [3.05, 3.63) is 59.7 Å². The summed E-state index contributed by atoms with van der Waals surface area (Å²) in [7, 11) is 0. The molecule has 2 aromatic rings. The van der Waals surface area contributed by atoms with Crippen LogP contribution in [0, 0.1) is 0 Å². The molecular formula is C20H23N3O3. The Labute approximate surface area is 152 Å². The molecule has 0 heterocycles. The highest BCUT2D eigenvalue weighted by Crippen LogP contribution is 2.25. The van der Waals surface area contributed by atoms with Gasteiger partial charge in [0.2, 0.25) is 5.91 Å². The van der Waals surface area contributed by atoms with Gasteiger partial charge < -0.3 is 16.4 Å². The summed E-state index contributed by atoms with van der Waals surface area (Å²) in [5.74, 6) is -1.18. The van der Waals surface area contributed by atoms with E-state index < -0.39 is 17.9 Å². The van der Waals surface area contributed by atoms with E-state index in [9.17, 15) is 14.4 Å². The zero-order valence-electron chi connectivity index (χ0n) is 15.1. The van der Waals surface area contributed by atoms with Crippen molar-refractivity contribution < 1.29 is 14.4 Å². The third-order valence-electron chi connectivity index (χ3n) is 3.80. The van der Waals surface area contributed by atoms with Crippen molar-refractivity contribution in [3.8, 4) is 11.1 Å². The Hall–Kier alpha value is -3.15. The molecule has 0 fully saturated rings. The number of hydrogen-bond acceptors (Lipinski definition) is 3. The van der Waals surface area contributed by atoms with Gasteiger partial charge >= 0.3 is 0 Å². The third kappa shape index (κ3) is 4.69. The molecule has 0 saturated carbocycles. The molecule has 0 unspecified atom stereocenters. The number of rotatable bonds is 6. The summed E-state index contributed by atoms with van der Waals surface area (Å²) in [5, 5.41) is 5.42. The smallest absolute Gasteiger partial charge is 0.252 e. The van der Waals surface area contributed by atoms with Crippen molar-refractivity contribution in [3.63, 3.8) is 0 Å². The summed E-state index contributed by atoms with van der Waals surface area (Å²) < 4.78 is 0. The Morgan fingerprint density at radius 3 is 2.23 bits per heavy atom. The predicted octanol–water partition coefficient (Wildman–Crippen LogP) is 2.10. The highest BCUT2D eigenvalue weighted by Gasteiger charge is 2.16. The van der Waals surface area contributed by atoms with Crippen molar-refractivity contribution in [1.29, 1.82) is 0 Å². The monoisotopic (exact) mass is 353 g/mol. The maximum atomic E-state index is 12.4. The summed E-state index contributed by atoms with van der Waals surface area (Å²) >= 11 is 0. The summed E-state index contributed by atoms with van der Waals surface area (Å²) in [6.07, 6.45) is 0. The zero-order chi connectivity index (χ0) is 19.3. The minimum absolute atomic E-state index is 0.0166. The number of amides is 3. The first kappa shape index (κ1) is 19.2. The molecule has 1 atom stereocenters. The molecule has 136 valence electrons. The van der Waals surface area contributed by atoms with Crippen molar-refractivity contribution in [2.24, 2.45) is 5.73 Å². The highest BCUT2D eigenvalue weighted by atomic mass is 16.2. The van der Waals surface area contributed by atoms with Crippen LogP contribution in [0.2, 0.25) is 0 Å². The van der Waals surface area contributed by atoms with Crippen molar-refractivity contribution >= 4 is 17.7 Å². The number of nitrogens with two attached hydrogens (primary N) is 1. The molecule has 0 bridgehead atoms. The van der Waals surface area contributed by atoms with E-state index >= 15 is 0 Å². The summed E-state index contributed by atoms with van der Waals surface area (Å²) in [4.78, 5) is 35.9. The molecule has 0 radical (unpaired) electrons. The lowest BCUT2D eigenvalue weighted by Gasteiger charge is -2.14. The third-order valence-corrected chi connectivity index (χ3v) is 3.80. The molecule has 26 heavy (non-hydrogen) atoms. The van der Waals surface area contributed by atoms with Crippen LogP contribution in [0.25, 0.3) is 11.1 Å². The van der Waals surface area contributed by atoms with Gasteiger partial charge in [0.15, 0.2) is 0 Å². The predicted molar refractivity (Wildman–Crippen MR) is 101 cm³/mol. The molecule has 2 rings (SSSR count). The topological polar surface area (TPSA) is 101 Å². The van der Waals surface area contributed by atoms with Gasteiger partial charge in [-0.2, -0.15) is 0 Å². The van der Waals surface area contributed by atoms with E-state index in [2.05, 4.69) is 10.6 Å². The van der Waals surface area contributed by atoms with E-state index in [0.717, 1.165) is 11.1 Å². The summed E-state index contributed by atoms with van der Waals surface area (Å²) in [5.41, 5.74) is 7.55. The quantitative estimate of drug-likeness (QED) is 0.741. The van der Waals surface area contributed by atoms with Gasteiger partial charge in [-0.3, -0.25) is 14.4 Å². The van der Waals surface area contributed by atoms with Crippen molar-refractivity contribution in [1.82, 2.24) is 10.6 Å². The van der Waals surface area contributed by atoms with Gasteiger partial charge in [0.1, 0.15) is 6.04 Å². The molecule has 6 nitrogen and oxygen atoms in total. The maximum Gasteiger partial charge on any atom is 0.252 e. The van der Waals surface area contributed by atoms with Gasteiger partial charge in [-0.15, -0.1) is 0 Å². The molecule has 6 heteroatoms. The fraction of sp³-hybridized carbons (Fsp3) is 0.250. The number of hydrogen-bond donors (Lipinski definition) is 3. The lowest BCUT2D eigenvalue weighted by atomic mass is 9.97. The van der Waals surface area contributed by atoms with Crippen molar-refractivity contribution in [2.75, 3.05) is 0 Å². The van der Waals surface area contributed by atoms with Crippen LogP contribution in [-0.2, 0) is 4.79 Å². The van der Waals surface area contributed by atoms with Crippen LogP contribution in [0.4, 0.5) is 0 Å². The Morgan fingerprint density at radius 1 is 0.885 bits per heavy atom. The molecule has 3 amide bonds. The number of nitrogens with one attached hydrogen (secondary N) is 2. The molecule has 0 aliphatic heterocycles. The normalized spacial score (nSPS) is 11.7. The highest BCUT2D eigenvalue weighted by molar-refractivity contribution is 6.02. The minimum Gasteiger partial charge on any atom is -0.368 e. The molecule has 0 aliphatic rings. The lowest BCUT2D eigenvalue weighted by molar-refractivity contribution is -0.119. The van der Waals surface area contributed by atoms with E-state index in [1.165, 1.54) is 6.92 Å². The largest absolute Gasteiger partial charge is 0.368 e. The van der Waals surface area contributed by atoms with Gasteiger partial charge in [0.25, 0.3) is 11.8 Å². The second-order valence-corrected chi connectivity index (χ2v) is 6.35. The fourth-order valence-electron chi connectivity index (χ4n) is 2.45. The molecule has 4 N–H and O–H groups in total. The van der Waals surface area contributed by atoms with Gasteiger partial charge in [0, 0.05) is 17.2 Å². The number of carbonyl (C=O) groups is 3. The SMILES string of the molecule is CC(C)NC(=O)c1ccccc1-c1cccc(C(=O)N[C@@H](C)C(N)=O)c1. The van der Waals surface area contributed by atoms with E-state index in [4.69, 9.17) is 5.73 Å². The molecule has 0 spiro atoms. The molecular weight excluding hydrogens is 330 g/mol. The van der Waals surface area contributed by atoms with E-state index in [1.807, 2.05) is 32.0 Å². The lowest BCUT2D eigenvalue weighted by Crippen LogP contribution is -2.42. The Bertz CT molecular complexity index is 831. The van der Waals surface area contributed by atoms with Crippen LogP contribution in [0.15, 0.2) is 48.5 Å². The average molecular weight is 353 g/mol. The minimum atomic E-state index is -0.768. The second-order valence-electron chi connectivity index (χ2n) is 6.35. The molecule has 0 aromatic heterocycles. The van der Waals surface area contributed by atoms with Crippen LogP contribution in [0.1, 0.15) is 41.5 Å². The summed E-state index contributed by atoms with van der Waals surface area (Å²) in [6, 6.07) is 13.3. The number of carbonyl (C=O) groups excluding carboxylic acids is 3. The van der Waals surface area contributed by atoms with E-state index in [1.54, 1.807) is 30.3 Å². The first-order chi connectivity index (χ1) is 12.3. The van der Waals surface area contributed by atoms with Crippen LogP contribution < -0.4 is 16.4 Å². The second kappa shape index (κ2) is 8.29. The fourth-order valence-corrected chi connectivity index (χ4v) is 2.45. The van der Waals surface area contributed by atoms with Crippen LogP contribution in [0.3, 0.4) is 0 Å². The zero-order valence-corrected chi connectivity index (χ0v) is 15.1. The first-order valence-electron chi connectivity index (χ1n) is 8.40. The first-order valence-corrected chi connectivity index (χ1v) is 8.40. The average Bonchev–Trinajstić information content (AvgIpc) is 2.61. The Morgan fingerprint density at radius 2 is 1.58 bits per heavy atom. The van der Waals surface area contributed by atoms with Crippen LogP contribution in [-0.4, -0.2) is 29.8 Å². The Kier molecular flexibility index (Phi) is 6.11. The van der Waals surface area contributed by atoms with Gasteiger partial charge in [-0.1, -0.05) is 30.3 Å². The summed E-state index contributed by atoms with van der Waals surface area (Å²) in [6.45, 7) is 5.31. The maximum absolute atomic E-state index is 12.4. The van der Waals surface area contributed by atoms with Crippen LogP contribution in [0.5, 0.6) is 0 Å². The molecule has 0 saturated heterocycles. The molecule has 2 aromatic carbocycles. The van der Waals surface area contributed by atoms with Gasteiger partial charge in [0.05, 0.1) is 0 Å². The Balaban J connectivity index is 2.35. The van der Waals surface area contributed by atoms with Gasteiger partial charge in [-0.25, -0.2) is 0 Å². The van der Waals surface area contributed by atoms with Crippen molar-refractivity contribution in [2.45, 2.75) is 32.9 Å². The van der Waals surface area contributed by atoms with Crippen LogP contribution >= 0.6 is 0 Å². The van der Waals surface area contributed by atoms with Gasteiger partial charge in [-0.05, 0) is 50.1 Å².